The van der Waals surface area contributed by atoms with Crippen molar-refractivity contribution in [3.63, 3.8) is 0 Å². The fourth-order valence-electron chi connectivity index (χ4n) is 1.86. The molecule has 2 heteroatoms. The van der Waals surface area contributed by atoms with Crippen LogP contribution < -0.4 is 5.32 Å². The normalized spacial score (nSPS) is 12.2. The fourth-order valence-corrected chi connectivity index (χ4v) is 1.86. The Labute approximate surface area is 90.7 Å². The van der Waals surface area contributed by atoms with Crippen LogP contribution in [0.2, 0.25) is 0 Å². The second-order valence-electron chi connectivity index (χ2n) is 4.67. The van der Waals surface area contributed by atoms with Crippen molar-refractivity contribution in [3.05, 3.63) is 36.0 Å². The molecule has 0 aliphatic carbocycles. The van der Waals surface area contributed by atoms with Crippen LogP contribution in [0.3, 0.4) is 0 Å². The Kier molecular flexibility index (Phi) is 2.53. The molecule has 0 saturated heterocycles. The third kappa shape index (κ3) is 2.05. The lowest BCUT2D eigenvalue weighted by Crippen LogP contribution is -2.38. The number of rotatable bonds is 3. The number of hydrogen-bond donors (Lipinski definition) is 2. The van der Waals surface area contributed by atoms with Gasteiger partial charge in [-0.3, -0.25) is 0 Å². The minimum Gasteiger partial charge on any atom is -0.361 e. The molecule has 0 fully saturated rings. The molecule has 1 aromatic carbocycles. The first kappa shape index (κ1) is 10.2. The summed E-state index contributed by atoms with van der Waals surface area (Å²) in [5.41, 5.74) is 2.78. The first-order valence-corrected chi connectivity index (χ1v) is 5.36. The SMILES string of the molecule is CNC(C)(C)Cc1cccc2cc[nH]c12. The van der Waals surface area contributed by atoms with Gasteiger partial charge in [0.15, 0.2) is 0 Å². The third-order valence-corrected chi connectivity index (χ3v) is 2.98. The van der Waals surface area contributed by atoms with Crippen molar-refractivity contribution >= 4 is 10.9 Å². The molecule has 0 aliphatic heterocycles. The lowest BCUT2D eigenvalue weighted by atomic mass is 9.94. The summed E-state index contributed by atoms with van der Waals surface area (Å²) in [6.45, 7) is 4.43. The van der Waals surface area contributed by atoms with Crippen LogP contribution in [0.4, 0.5) is 0 Å². The van der Waals surface area contributed by atoms with Crippen LogP contribution in [0.5, 0.6) is 0 Å². The largest absolute Gasteiger partial charge is 0.361 e. The van der Waals surface area contributed by atoms with Gasteiger partial charge in [-0.05, 0) is 44.3 Å². The molecule has 0 radical (unpaired) electrons. The summed E-state index contributed by atoms with van der Waals surface area (Å²) in [5, 5.41) is 4.62. The van der Waals surface area contributed by atoms with Crippen molar-refractivity contribution in [2.45, 2.75) is 25.8 Å². The van der Waals surface area contributed by atoms with Crippen molar-refractivity contribution in [3.8, 4) is 0 Å². The zero-order chi connectivity index (χ0) is 10.9. The van der Waals surface area contributed by atoms with Gasteiger partial charge in [-0.1, -0.05) is 18.2 Å². The first-order valence-electron chi connectivity index (χ1n) is 5.36. The van der Waals surface area contributed by atoms with Gasteiger partial charge in [0.1, 0.15) is 0 Å². The number of aromatic amines is 1. The van der Waals surface area contributed by atoms with Gasteiger partial charge >= 0.3 is 0 Å². The average molecular weight is 202 g/mol. The van der Waals surface area contributed by atoms with Crippen LogP contribution >= 0.6 is 0 Å². The third-order valence-electron chi connectivity index (χ3n) is 2.98. The van der Waals surface area contributed by atoms with E-state index in [2.05, 4.69) is 48.4 Å². The zero-order valence-corrected chi connectivity index (χ0v) is 9.59. The van der Waals surface area contributed by atoms with E-state index in [0.29, 0.717) is 0 Å². The van der Waals surface area contributed by atoms with Crippen molar-refractivity contribution in [2.75, 3.05) is 7.05 Å². The maximum absolute atomic E-state index is 3.33. The summed E-state index contributed by atoms with van der Waals surface area (Å²) in [6, 6.07) is 8.57. The summed E-state index contributed by atoms with van der Waals surface area (Å²) in [5.74, 6) is 0. The molecule has 2 N–H and O–H groups in total. The molecule has 2 nitrogen and oxygen atoms in total. The monoisotopic (exact) mass is 202 g/mol. The van der Waals surface area contributed by atoms with Gasteiger partial charge in [0.25, 0.3) is 0 Å². The van der Waals surface area contributed by atoms with Crippen molar-refractivity contribution < 1.29 is 0 Å². The number of para-hydroxylation sites is 1. The highest BCUT2D eigenvalue weighted by Crippen LogP contribution is 2.21. The van der Waals surface area contributed by atoms with Crippen LogP contribution in [0, 0.1) is 0 Å². The maximum atomic E-state index is 3.33. The number of aromatic nitrogens is 1. The van der Waals surface area contributed by atoms with E-state index in [-0.39, 0.29) is 5.54 Å². The molecule has 0 unspecified atom stereocenters. The van der Waals surface area contributed by atoms with Gasteiger partial charge in [0.2, 0.25) is 0 Å². The van der Waals surface area contributed by atoms with Crippen LogP contribution in [0.25, 0.3) is 10.9 Å². The number of nitrogens with one attached hydrogen (secondary N) is 2. The quantitative estimate of drug-likeness (QED) is 0.787. The molecule has 0 bridgehead atoms. The molecule has 1 heterocycles. The molecular weight excluding hydrogens is 184 g/mol. The predicted molar refractivity (Wildman–Crippen MR) is 65.1 cm³/mol. The predicted octanol–water partition coefficient (Wildman–Crippen LogP) is 2.71. The van der Waals surface area contributed by atoms with Gasteiger partial charge in [-0.25, -0.2) is 0 Å². The van der Waals surface area contributed by atoms with E-state index in [1.165, 1.54) is 16.5 Å². The van der Waals surface area contributed by atoms with E-state index in [9.17, 15) is 0 Å². The average Bonchev–Trinajstić information content (AvgIpc) is 2.66. The first-order chi connectivity index (χ1) is 7.12. The van der Waals surface area contributed by atoms with Gasteiger partial charge in [-0.15, -0.1) is 0 Å². The van der Waals surface area contributed by atoms with Crippen LogP contribution in [0.15, 0.2) is 30.5 Å². The number of fused-ring (bicyclic) bond motifs is 1. The highest BCUT2D eigenvalue weighted by molar-refractivity contribution is 5.82. The van der Waals surface area contributed by atoms with Gasteiger partial charge in [-0.2, -0.15) is 0 Å². The topological polar surface area (TPSA) is 27.8 Å². The molecule has 0 aliphatic rings. The Balaban J connectivity index is 2.39. The maximum Gasteiger partial charge on any atom is 0.0487 e. The van der Waals surface area contributed by atoms with E-state index in [1.807, 2.05) is 13.2 Å². The number of H-pyrrole nitrogens is 1. The number of benzene rings is 1. The summed E-state index contributed by atoms with van der Waals surface area (Å²) in [4.78, 5) is 3.31. The molecule has 80 valence electrons. The molecule has 2 aromatic rings. The zero-order valence-electron chi connectivity index (χ0n) is 9.59. The smallest absolute Gasteiger partial charge is 0.0487 e. The highest BCUT2D eigenvalue weighted by Gasteiger charge is 2.16. The van der Waals surface area contributed by atoms with Crippen LogP contribution in [-0.2, 0) is 6.42 Å². The molecular formula is C13H18N2. The molecule has 15 heavy (non-hydrogen) atoms. The molecule has 1 aromatic heterocycles. The molecule has 0 amide bonds. The van der Waals surface area contributed by atoms with E-state index in [1.54, 1.807) is 0 Å². The van der Waals surface area contributed by atoms with Crippen LogP contribution in [-0.4, -0.2) is 17.6 Å². The molecule has 2 rings (SSSR count). The lowest BCUT2D eigenvalue weighted by Gasteiger charge is -2.24. The van der Waals surface area contributed by atoms with E-state index >= 15 is 0 Å². The number of likely N-dealkylation sites (N-methyl/N-ethyl adjacent to an activating group) is 1. The molecule has 0 spiro atoms. The van der Waals surface area contributed by atoms with Crippen molar-refractivity contribution in [1.29, 1.82) is 0 Å². The summed E-state index contributed by atoms with van der Waals surface area (Å²) in [7, 11) is 2.01. The van der Waals surface area contributed by atoms with Crippen molar-refractivity contribution in [1.82, 2.24) is 10.3 Å². The fraction of sp³-hybridized carbons (Fsp3) is 0.385. The second-order valence-corrected chi connectivity index (χ2v) is 4.67. The van der Waals surface area contributed by atoms with Gasteiger partial charge < -0.3 is 10.3 Å². The Bertz CT molecular complexity index is 454. The van der Waals surface area contributed by atoms with Gasteiger partial charge in [0, 0.05) is 17.3 Å². The van der Waals surface area contributed by atoms with E-state index in [4.69, 9.17) is 0 Å². The minimum absolute atomic E-state index is 0.138. The van der Waals surface area contributed by atoms with E-state index in [0.717, 1.165) is 6.42 Å². The Morgan fingerprint density at radius 2 is 2.07 bits per heavy atom. The Hall–Kier alpha value is -1.28. The summed E-state index contributed by atoms with van der Waals surface area (Å²) in [6.07, 6.45) is 3.03. The summed E-state index contributed by atoms with van der Waals surface area (Å²) < 4.78 is 0. The van der Waals surface area contributed by atoms with Crippen LogP contribution in [0.1, 0.15) is 19.4 Å². The van der Waals surface area contributed by atoms with E-state index < -0.39 is 0 Å². The molecule has 0 saturated carbocycles. The van der Waals surface area contributed by atoms with Gasteiger partial charge in [0.05, 0.1) is 0 Å². The Morgan fingerprint density at radius 1 is 1.27 bits per heavy atom. The molecule has 0 atom stereocenters. The number of hydrogen-bond acceptors (Lipinski definition) is 1. The standard InChI is InChI=1S/C13H18N2/c1-13(2,14-3)9-11-6-4-5-10-7-8-15-12(10)11/h4-8,14-15H,9H2,1-3H3. The summed E-state index contributed by atoms with van der Waals surface area (Å²) >= 11 is 0. The second kappa shape index (κ2) is 3.70. The highest BCUT2D eigenvalue weighted by atomic mass is 14.9. The lowest BCUT2D eigenvalue weighted by molar-refractivity contribution is 0.423. The Morgan fingerprint density at radius 3 is 2.80 bits per heavy atom. The minimum atomic E-state index is 0.138. The van der Waals surface area contributed by atoms with Crippen molar-refractivity contribution in [2.24, 2.45) is 0 Å².